The van der Waals surface area contributed by atoms with Crippen LogP contribution in [0.5, 0.6) is 0 Å². The maximum atomic E-state index is 13.5. The van der Waals surface area contributed by atoms with Crippen molar-refractivity contribution in [3.05, 3.63) is 30.1 Å². The molecule has 0 unspecified atom stereocenters. The van der Waals surface area contributed by atoms with Gasteiger partial charge in [-0.1, -0.05) is 26.0 Å². The Kier molecular flexibility index (Phi) is 6.34. The number of rotatable bonds is 6. The van der Waals surface area contributed by atoms with Crippen LogP contribution in [0.15, 0.2) is 24.3 Å². The summed E-state index contributed by atoms with van der Waals surface area (Å²) in [5, 5.41) is 9.72. The molecule has 2 aliphatic rings. The van der Waals surface area contributed by atoms with E-state index in [2.05, 4.69) is 9.97 Å². The van der Waals surface area contributed by atoms with Gasteiger partial charge in [-0.05, 0) is 36.8 Å². The van der Waals surface area contributed by atoms with E-state index in [-0.39, 0.29) is 42.1 Å². The number of aromatic nitrogens is 2. The number of hydrogen-bond donors (Lipinski definition) is 2. The molecule has 32 heavy (non-hydrogen) atoms. The number of fused-ring (bicyclic) bond motifs is 1. The Labute approximate surface area is 187 Å². The summed E-state index contributed by atoms with van der Waals surface area (Å²) in [4.78, 5) is 50.1. The number of likely N-dealkylation sites (tertiary alicyclic amines) is 2. The van der Waals surface area contributed by atoms with Crippen LogP contribution in [0.4, 0.5) is 4.79 Å². The van der Waals surface area contributed by atoms with Crippen molar-refractivity contribution in [2.24, 2.45) is 11.8 Å². The van der Waals surface area contributed by atoms with E-state index < -0.39 is 6.09 Å². The summed E-state index contributed by atoms with van der Waals surface area (Å²) in [5.74, 6) is 0.382. The zero-order chi connectivity index (χ0) is 22.8. The predicted molar refractivity (Wildman–Crippen MR) is 119 cm³/mol. The molecule has 1 aromatic heterocycles. The summed E-state index contributed by atoms with van der Waals surface area (Å²) in [5.41, 5.74) is 1.52. The molecule has 2 saturated heterocycles. The van der Waals surface area contributed by atoms with Gasteiger partial charge in [0.1, 0.15) is 0 Å². The number of carboxylic acid groups (broad SMARTS) is 1. The molecule has 3 amide bonds. The van der Waals surface area contributed by atoms with Gasteiger partial charge in [0.2, 0.25) is 5.91 Å². The van der Waals surface area contributed by atoms with Crippen LogP contribution >= 0.6 is 0 Å². The molecule has 2 N–H and O–H groups in total. The van der Waals surface area contributed by atoms with Crippen LogP contribution in [0.2, 0.25) is 0 Å². The van der Waals surface area contributed by atoms with Crippen LogP contribution in [0, 0.1) is 11.8 Å². The Bertz CT molecular complexity index is 970. The highest BCUT2D eigenvalue weighted by molar-refractivity contribution is 5.94. The second kappa shape index (κ2) is 9.18. The Balaban J connectivity index is 1.58. The van der Waals surface area contributed by atoms with Gasteiger partial charge in [0.15, 0.2) is 5.82 Å². The lowest BCUT2D eigenvalue weighted by molar-refractivity contribution is -0.128. The zero-order valence-corrected chi connectivity index (χ0v) is 18.7. The summed E-state index contributed by atoms with van der Waals surface area (Å²) in [7, 11) is 0. The highest BCUT2D eigenvalue weighted by Crippen LogP contribution is 2.26. The fourth-order valence-corrected chi connectivity index (χ4v) is 4.88. The van der Waals surface area contributed by atoms with Crippen LogP contribution in [0.25, 0.3) is 11.0 Å². The van der Waals surface area contributed by atoms with Gasteiger partial charge >= 0.3 is 6.09 Å². The fraction of sp³-hybridized carbons (Fsp3) is 0.565. The average molecular weight is 442 g/mol. The number of imidazole rings is 1. The molecule has 4 rings (SSSR count). The van der Waals surface area contributed by atoms with Crippen molar-refractivity contribution >= 4 is 28.9 Å². The third kappa shape index (κ3) is 4.71. The molecule has 1 aromatic carbocycles. The first-order chi connectivity index (χ1) is 15.3. The molecular formula is C23H31N5O4. The van der Waals surface area contributed by atoms with E-state index in [9.17, 15) is 19.5 Å². The quantitative estimate of drug-likeness (QED) is 0.716. The Hall–Kier alpha value is -3.10. The molecule has 2 atom stereocenters. The SMILES string of the molecule is CC(C)CN(C(=O)c1nc2ccccc2[nH]1)[C@H]1C[C@@H](CN2CCCC2=O)CN(C(=O)O)C1. The second-order valence-electron chi connectivity index (χ2n) is 9.34. The molecule has 3 heterocycles. The number of para-hydroxylation sites is 2. The maximum Gasteiger partial charge on any atom is 0.407 e. The Morgan fingerprint density at radius 1 is 1.28 bits per heavy atom. The van der Waals surface area contributed by atoms with Gasteiger partial charge in [0.25, 0.3) is 5.91 Å². The lowest BCUT2D eigenvalue weighted by atomic mass is 9.92. The second-order valence-corrected chi connectivity index (χ2v) is 9.34. The minimum atomic E-state index is -0.992. The summed E-state index contributed by atoms with van der Waals surface area (Å²) >= 11 is 0. The number of amides is 3. The molecule has 0 saturated carbocycles. The van der Waals surface area contributed by atoms with Crippen LogP contribution in [-0.4, -0.2) is 86.4 Å². The van der Waals surface area contributed by atoms with Crippen LogP contribution in [0.3, 0.4) is 0 Å². The summed E-state index contributed by atoms with van der Waals surface area (Å²) < 4.78 is 0. The van der Waals surface area contributed by atoms with Gasteiger partial charge < -0.3 is 24.8 Å². The number of nitrogens with zero attached hydrogens (tertiary/aromatic N) is 4. The molecule has 172 valence electrons. The van der Waals surface area contributed by atoms with E-state index in [4.69, 9.17) is 0 Å². The smallest absolute Gasteiger partial charge is 0.407 e. The van der Waals surface area contributed by atoms with Crippen molar-refractivity contribution in [3.8, 4) is 0 Å². The standard InChI is InChI=1S/C23H31N5O4/c1-15(2)11-28(22(30)21-24-18-6-3-4-7-19(18)25-21)17-10-16(13-27(14-17)23(31)32)12-26-9-5-8-20(26)29/h3-4,6-7,15-17H,5,8-14H2,1-2H3,(H,24,25)(H,31,32)/t16-,17-/m0/s1. The molecule has 2 aliphatic heterocycles. The molecular weight excluding hydrogens is 410 g/mol. The van der Waals surface area contributed by atoms with E-state index in [1.54, 1.807) is 4.90 Å². The van der Waals surface area contributed by atoms with Gasteiger partial charge in [-0.2, -0.15) is 0 Å². The lowest BCUT2D eigenvalue weighted by Gasteiger charge is -2.43. The van der Waals surface area contributed by atoms with Gasteiger partial charge in [-0.3, -0.25) is 9.59 Å². The molecule has 2 fully saturated rings. The average Bonchev–Trinajstić information content (AvgIpc) is 3.37. The summed E-state index contributed by atoms with van der Waals surface area (Å²) in [6.07, 6.45) is 1.07. The molecule has 2 aromatic rings. The van der Waals surface area contributed by atoms with Gasteiger partial charge in [0.05, 0.1) is 17.1 Å². The van der Waals surface area contributed by atoms with E-state index in [1.807, 2.05) is 43.0 Å². The van der Waals surface area contributed by atoms with Crippen molar-refractivity contribution in [1.82, 2.24) is 24.7 Å². The molecule has 0 aliphatic carbocycles. The minimum Gasteiger partial charge on any atom is -0.465 e. The van der Waals surface area contributed by atoms with Crippen LogP contribution < -0.4 is 0 Å². The number of nitrogens with one attached hydrogen (secondary N) is 1. The topological polar surface area (TPSA) is 110 Å². The third-order valence-corrected chi connectivity index (χ3v) is 6.29. The number of carbonyl (C=O) groups excluding carboxylic acids is 2. The van der Waals surface area contributed by atoms with E-state index in [0.717, 1.165) is 24.0 Å². The highest BCUT2D eigenvalue weighted by atomic mass is 16.4. The first kappa shape index (κ1) is 22.1. The number of H-pyrrole nitrogens is 1. The van der Waals surface area contributed by atoms with Crippen molar-refractivity contribution in [2.45, 2.75) is 39.2 Å². The summed E-state index contributed by atoms with van der Waals surface area (Å²) in [6, 6.07) is 7.22. The van der Waals surface area contributed by atoms with E-state index in [0.29, 0.717) is 32.5 Å². The number of piperidine rings is 1. The monoisotopic (exact) mass is 441 g/mol. The normalized spacial score (nSPS) is 21.5. The van der Waals surface area contributed by atoms with E-state index in [1.165, 1.54) is 4.90 Å². The number of hydrogen-bond acceptors (Lipinski definition) is 4. The molecule has 9 nitrogen and oxygen atoms in total. The molecule has 0 bridgehead atoms. The van der Waals surface area contributed by atoms with Crippen LogP contribution in [0.1, 0.15) is 43.7 Å². The molecule has 0 spiro atoms. The van der Waals surface area contributed by atoms with E-state index >= 15 is 0 Å². The lowest BCUT2D eigenvalue weighted by Crippen LogP contribution is -2.56. The van der Waals surface area contributed by atoms with Crippen molar-refractivity contribution in [2.75, 3.05) is 32.7 Å². The Morgan fingerprint density at radius 2 is 2.06 bits per heavy atom. The predicted octanol–water partition coefficient (Wildman–Crippen LogP) is 2.65. The maximum absolute atomic E-state index is 13.5. The number of carbonyl (C=O) groups is 3. The first-order valence-electron chi connectivity index (χ1n) is 11.3. The first-order valence-corrected chi connectivity index (χ1v) is 11.3. The number of benzene rings is 1. The van der Waals surface area contributed by atoms with Crippen molar-refractivity contribution in [1.29, 1.82) is 0 Å². The zero-order valence-electron chi connectivity index (χ0n) is 18.7. The van der Waals surface area contributed by atoms with Gasteiger partial charge in [-0.15, -0.1) is 0 Å². The third-order valence-electron chi connectivity index (χ3n) is 6.29. The Morgan fingerprint density at radius 3 is 2.72 bits per heavy atom. The van der Waals surface area contributed by atoms with Crippen LogP contribution in [-0.2, 0) is 4.79 Å². The molecule has 9 heteroatoms. The minimum absolute atomic E-state index is 0.00923. The number of aromatic amines is 1. The largest absolute Gasteiger partial charge is 0.465 e. The van der Waals surface area contributed by atoms with Crippen molar-refractivity contribution < 1.29 is 19.5 Å². The highest BCUT2D eigenvalue weighted by Gasteiger charge is 2.38. The van der Waals surface area contributed by atoms with Gasteiger partial charge in [-0.25, -0.2) is 9.78 Å². The fourth-order valence-electron chi connectivity index (χ4n) is 4.88. The van der Waals surface area contributed by atoms with Gasteiger partial charge in [0, 0.05) is 39.1 Å². The van der Waals surface area contributed by atoms with Crippen molar-refractivity contribution in [3.63, 3.8) is 0 Å². The molecule has 0 radical (unpaired) electrons. The summed E-state index contributed by atoms with van der Waals surface area (Å²) in [6.45, 7) is 6.48.